The number of nitrogens with one attached hydrogen (secondary N) is 1. The number of nitrogens with zero attached hydrogens (tertiary/aromatic N) is 3. The van der Waals surface area contributed by atoms with Gasteiger partial charge in [-0.1, -0.05) is 13.8 Å². The molecule has 5 nitrogen and oxygen atoms in total. The van der Waals surface area contributed by atoms with Gasteiger partial charge >= 0.3 is 0 Å². The molecule has 2 rings (SSSR count). The lowest BCUT2D eigenvalue weighted by Gasteiger charge is -2.14. The van der Waals surface area contributed by atoms with E-state index < -0.39 is 0 Å². The van der Waals surface area contributed by atoms with Crippen LogP contribution in [0.2, 0.25) is 0 Å². The molecular weight excluding hydrogens is 238 g/mol. The third-order valence-corrected chi connectivity index (χ3v) is 3.22. The first-order chi connectivity index (χ1) is 9.11. The zero-order valence-electron chi connectivity index (χ0n) is 11.9. The van der Waals surface area contributed by atoms with Gasteiger partial charge < -0.3 is 11.1 Å². The van der Waals surface area contributed by atoms with Crippen molar-refractivity contribution in [1.82, 2.24) is 14.6 Å². The van der Waals surface area contributed by atoms with E-state index >= 15 is 0 Å². The number of rotatable bonds is 6. The lowest BCUT2D eigenvalue weighted by molar-refractivity contribution is 0.661. The fourth-order valence-corrected chi connectivity index (χ4v) is 2.06. The Morgan fingerprint density at radius 1 is 1.37 bits per heavy atom. The number of hydrogen-bond acceptors (Lipinski definition) is 4. The van der Waals surface area contributed by atoms with E-state index in [1.165, 1.54) is 0 Å². The number of hydrogen-bond donors (Lipinski definition) is 2. The predicted molar refractivity (Wildman–Crippen MR) is 78.4 cm³/mol. The van der Waals surface area contributed by atoms with E-state index in [4.69, 9.17) is 5.73 Å². The second-order valence-electron chi connectivity index (χ2n) is 5.31. The molecule has 0 bridgehead atoms. The molecule has 0 aliphatic rings. The third-order valence-electron chi connectivity index (χ3n) is 3.22. The minimum atomic E-state index is 0.361. The number of fused-ring (bicyclic) bond motifs is 1. The Bertz CT molecular complexity index is 532. The summed E-state index contributed by atoms with van der Waals surface area (Å²) in [4.78, 5) is 4.42. The first kappa shape index (κ1) is 13.8. The average molecular weight is 261 g/mol. The Labute approximate surface area is 114 Å². The molecule has 0 radical (unpaired) electrons. The second-order valence-corrected chi connectivity index (χ2v) is 5.31. The summed E-state index contributed by atoms with van der Waals surface area (Å²) >= 11 is 0. The van der Waals surface area contributed by atoms with E-state index in [0.717, 1.165) is 36.4 Å². The zero-order chi connectivity index (χ0) is 13.8. The highest BCUT2D eigenvalue weighted by molar-refractivity contribution is 5.68. The Morgan fingerprint density at radius 3 is 2.84 bits per heavy atom. The molecule has 0 amide bonds. The Kier molecular flexibility index (Phi) is 4.37. The van der Waals surface area contributed by atoms with E-state index in [0.29, 0.717) is 12.0 Å². The minimum Gasteiger partial charge on any atom is -0.366 e. The van der Waals surface area contributed by atoms with Crippen molar-refractivity contribution in [3.8, 4) is 0 Å². The van der Waals surface area contributed by atoms with E-state index in [9.17, 15) is 0 Å². The maximum absolute atomic E-state index is 5.54. The van der Waals surface area contributed by atoms with Gasteiger partial charge in [-0.25, -0.2) is 9.50 Å². The van der Waals surface area contributed by atoms with Crippen molar-refractivity contribution in [2.75, 3.05) is 11.9 Å². The van der Waals surface area contributed by atoms with Gasteiger partial charge in [-0.05, 0) is 38.3 Å². The molecule has 0 aliphatic carbocycles. The summed E-state index contributed by atoms with van der Waals surface area (Å²) in [6, 6.07) is 2.47. The van der Waals surface area contributed by atoms with Crippen LogP contribution in [0.3, 0.4) is 0 Å². The maximum atomic E-state index is 5.54. The van der Waals surface area contributed by atoms with Gasteiger partial charge in [0, 0.05) is 18.4 Å². The normalized spacial score (nSPS) is 13.1. The second kappa shape index (κ2) is 6.02. The molecule has 0 saturated carbocycles. The summed E-state index contributed by atoms with van der Waals surface area (Å²) in [6.07, 6.45) is 5.73. The highest BCUT2D eigenvalue weighted by Crippen LogP contribution is 2.20. The zero-order valence-corrected chi connectivity index (χ0v) is 11.9. The first-order valence-corrected chi connectivity index (χ1v) is 6.92. The van der Waals surface area contributed by atoms with Crippen LogP contribution >= 0.6 is 0 Å². The van der Waals surface area contributed by atoms with Crippen molar-refractivity contribution >= 4 is 11.3 Å². The van der Waals surface area contributed by atoms with Crippen molar-refractivity contribution in [2.45, 2.75) is 45.6 Å². The van der Waals surface area contributed by atoms with Crippen molar-refractivity contribution in [3.05, 3.63) is 24.2 Å². The fourth-order valence-electron chi connectivity index (χ4n) is 2.06. The summed E-state index contributed by atoms with van der Waals surface area (Å²) in [7, 11) is 0. The molecule has 0 saturated heterocycles. The highest BCUT2D eigenvalue weighted by atomic mass is 15.2. The predicted octanol–water partition coefficient (Wildman–Crippen LogP) is 2.39. The van der Waals surface area contributed by atoms with Gasteiger partial charge in [0.05, 0.1) is 5.69 Å². The SMILES string of the molecule is CC(CCCN)Nc1nccn2nc(C(C)C)cc12. The van der Waals surface area contributed by atoms with Gasteiger partial charge in [0.2, 0.25) is 0 Å². The number of nitrogens with two attached hydrogens (primary N) is 1. The molecule has 5 heteroatoms. The van der Waals surface area contributed by atoms with Crippen molar-refractivity contribution in [3.63, 3.8) is 0 Å². The van der Waals surface area contributed by atoms with Gasteiger partial charge in [-0.3, -0.25) is 0 Å². The molecule has 1 unspecified atom stereocenters. The Morgan fingerprint density at radius 2 is 2.16 bits per heavy atom. The molecule has 1 atom stereocenters. The van der Waals surface area contributed by atoms with Crippen molar-refractivity contribution in [1.29, 1.82) is 0 Å². The summed E-state index contributed by atoms with van der Waals surface area (Å²) in [6.45, 7) is 7.17. The van der Waals surface area contributed by atoms with Crippen LogP contribution in [0.25, 0.3) is 5.52 Å². The molecule has 0 fully saturated rings. The number of anilines is 1. The Hall–Kier alpha value is -1.62. The van der Waals surface area contributed by atoms with E-state index in [2.05, 4.69) is 42.2 Å². The van der Waals surface area contributed by atoms with Crippen LogP contribution in [-0.2, 0) is 0 Å². The Balaban J connectivity index is 2.22. The molecule has 0 aromatic carbocycles. The number of aromatic nitrogens is 3. The molecule has 0 spiro atoms. The van der Waals surface area contributed by atoms with Crippen LogP contribution in [0.4, 0.5) is 5.82 Å². The lowest BCUT2D eigenvalue weighted by atomic mass is 10.1. The summed E-state index contributed by atoms with van der Waals surface area (Å²) in [5, 5.41) is 8.00. The minimum absolute atomic E-state index is 0.361. The largest absolute Gasteiger partial charge is 0.366 e. The molecule has 19 heavy (non-hydrogen) atoms. The third kappa shape index (κ3) is 3.23. The van der Waals surface area contributed by atoms with Crippen LogP contribution in [0, 0.1) is 0 Å². The van der Waals surface area contributed by atoms with Gasteiger partial charge in [0.25, 0.3) is 0 Å². The summed E-state index contributed by atoms with van der Waals surface area (Å²) in [5.41, 5.74) is 7.66. The standard InChI is InChI=1S/C14H23N5/c1-10(2)12-9-13-14(16-7-8-19(13)18-12)17-11(3)5-4-6-15/h7-11H,4-6,15H2,1-3H3,(H,16,17). The van der Waals surface area contributed by atoms with Crippen molar-refractivity contribution < 1.29 is 0 Å². The monoisotopic (exact) mass is 261 g/mol. The van der Waals surface area contributed by atoms with Gasteiger partial charge in [-0.15, -0.1) is 0 Å². The van der Waals surface area contributed by atoms with Crippen LogP contribution in [0.5, 0.6) is 0 Å². The first-order valence-electron chi connectivity index (χ1n) is 6.92. The average Bonchev–Trinajstić information content (AvgIpc) is 2.81. The van der Waals surface area contributed by atoms with Crippen molar-refractivity contribution in [2.24, 2.45) is 5.73 Å². The van der Waals surface area contributed by atoms with Gasteiger partial charge in [0.1, 0.15) is 5.52 Å². The quantitative estimate of drug-likeness (QED) is 0.837. The maximum Gasteiger partial charge on any atom is 0.152 e. The van der Waals surface area contributed by atoms with E-state index in [-0.39, 0.29) is 0 Å². The summed E-state index contributed by atoms with van der Waals surface area (Å²) < 4.78 is 1.89. The molecule has 2 aromatic rings. The van der Waals surface area contributed by atoms with Crippen LogP contribution in [0.1, 0.15) is 45.2 Å². The molecule has 2 aromatic heterocycles. The fraction of sp³-hybridized carbons (Fsp3) is 0.571. The molecule has 0 aliphatic heterocycles. The van der Waals surface area contributed by atoms with Crippen LogP contribution < -0.4 is 11.1 Å². The lowest BCUT2D eigenvalue weighted by Crippen LogP contribution is -2.18. The molecular formula is C14H23N5. The summed E-state index contributed by atoms with van der Waals surface area (Å²) in [5.74, 6) is 1.31. The van der Waals surface area contributed by atoms with E-state index in [1.807, 2.05) is 10.7 Å². The molecule has 3 N–H and O–H groups in total. The van der Waals surface area contributed by atoms with E-state index in [1.54, 1.807) is 6.20 Å². The van der Waals surface area contributed by atoms with Gasteiger partial charge in [-0.2, -0.15) is 5.10 Å². The highest BCUT2D eigenvalue weighted by Gasteiger charge is 2.11. The molecule has 2 heterocycles. The van der Waals surface area contributed by atoms with Gasteiger partial charge in [0.15, 0.2) is 5.82 Å². The van der Waals surface area contributed by atoms with Crippen LogP contribution in [0.15, 0.2) is 18.5 Å². The smallest absolute Gasteiger partial charge is 0.152 e. The topological polar surface area (TPSA) is 68.2 Å². The van der Waals surface area contributed by atoms with Crippen LogP contribution in [-0.4, -0.2) is 27.2 Å². The molecule has 104 valence electrons.